The van der Waals surface area contributed by atoms with E-state index in [2.05, 4.69) is 5.32 Å². The molecule has 2 rings (SSSR count). The molecule has 0 aromatic heterocycles. The van der Waals surface area contributed by atoms with Gasteiger partial charge in [-0.2, -0.15) is 0 Å². The third kappa shape index (κ3) is 3.06. The maximum atomic E-state index is 11.4. The fourth-order valence-electron chi connectivity index (χ4n) is 2.10. The predicted octanol–water partition coefficient (Wildman–Crippen LogP) is -0.897. The van der Waals surface area contributed by atoms with Crippen LogP contribution in [0, 0.1) is 0 Å². The van der Waals surface area contributed by atoms with Crippen molar-refractivity contribution >= 4 is 40.7 Å². The zero-order chi connectivity index (χ0) is 15.7. The average Bonchev–Trinajstić information content (AvgIpc) is 2.63. The van der Waals surface area contributed by atoms with Crippen LogP contribution in [0.1, 0.15) is 11.7 Å². The summed E-state index contributed by atoms with van der Waals surface area (Å²) in [7, 11) is 0. The summed E-state index contributed by atoms with van der Waals surface area (Å²) in [6.07, 6.45) is -1.30. The number of hydrogen-bond donors (Lipinski definition) is 4. The normalized spacial score (nSPS) is 16.3. The molecule has 8 nitrogen and oxygen atoms in total. The minimum absolute atomic E-state index is 0.159. The number of nitrogens with zero attached hydrogens (tertiary/aromatic N) is 1. The number of amides is 3. The predicted molar refractivity (Wildman–Crippen MR) is 75.6 cm³/mol. The van der Waals surface area contributed by atoms with Crippen LogP contribution in [-0.2, 0) is 14.4 Å². The van der Waals surface area contributed by atoms with Crippen molar-refractivity contribution in [2.45, 2.75) is 6.10 Å². The molecule has 1 unspecified atom stereocenters. The van der Waals surface area contributed by atoms with Crippen molar-refractivity contribution in [2.75, 3.05) is 23.3 Å². The Labute approximate surface area is 124 Å². The zero-order valence-corrected chi connectivity index (χ0v) is 11.6. The van der Waals surface area contributed by atoms with Crippen LogP contribution in [0.25, 0.3) is 0 Å². The van der Waals surface area contributed by atoms with Gasteiger partial charge < -0.3 is 26.8 Å². The lowest BCUT2D eigenvalue weighted by atomic mass is 10.1. The first-order valence-corrected chi connectivity index (χ1v) is 6.31. The van der Waals surface area contributed by atoms with Crippen LogP contribution in [-0.4, -0.2) is 35.9 Å². The monoisotopic (exact) mass is 312 g/mol. The number of benzene rings is 1. The smallest absolute Gasteiger partial charge is 0.257 e. The summed E-state index contributed by atoms with van der Waals surface area (Å²) >= 11 is 6.09. The summed E-state index contributed by atoms with van der Waals surface area (Å²) < 4.78 is 0. The Hall–Kier alpha value is -2.32. The van der Waals surface area contributed by atoms with Gasteiger partial charge in [0.15, 0.2) is 6.10 Å². The highest BCUT2D eigenvalue weighted by Crippen LogP contribution is 2.38. The summed E-state index contributed by atoms with van der Waals surface area (Å²) in [6.45, 7) is -0.532. The summed E-state index contributed by atoms with van der Waals surface area (Å²) in [5.41, 5.74) is 11.2. The molecule has 0 bridgehead atoms. The Morgan fingerprint density at radius 1 is 1.29 bits per heavy atom. The highest BCUT2D eigenvalue weighted by atomic mass is 35.5. The van der Waals surface area contributed by atoms with Crippen LogP contribution in [0.3, 0.4) is 0 Å². The van der Waals surface area contributed by atoms with E-state index in [-0.39, 0.29) is 18.1 Å². The molecule has 1 aliphatic rings. The van der Waals surface area contributed by atoms with E-state index in [1.54, 1.807) is 0 Å². The lowest BCUT2D eigenvalue weighted by Gasteiger charge is -2.23. The quantitative estimate of drug-likeness (QED) is 0.558. The summed E-state index contributed by atoms with van der Waals surface area (Å²) in [6, 6.07) is 2.85. The van der Waals surface area contributed by atoms with Crippen molar-refractivity contribution in [2.24, 2.45) is 11.5 Å². The average molecular weight is 313 g/mol. The fourth-order valence-corrected chi connectivity index (χ4v) is 2.39. The second kappa shape index (κ2) is 5.58. The topological polar surface area (TPSA) is 139 Å². The molecule has 21 heavy (non-hydrogen) atoms. The molecule has 0 saturated heterocycles. The van der Waals surface area contributed by atoms with E-state index < -0.39 is 23.8 Å². The van der Waals surface area contributed by atoms with Crippen LogP contribution < -0.4 is 21.7 Å². The van der Waals surface area contributed by atoms with Gasteiger partial charge in [-0.05, 0) is 12.1 Å². The Morgan fingerprint density at radius 3 is 2.38 bits per heavy atom. The Kier molecular flexibility index (Phi) is 4.01. The number of carbonyl (C=O) groups excluding carboxylic acids is 3. The molecular weight excluding hydrogens is 300 g/mol. The number of fused-ring (bicyclic) bond motifs is 1. The second-order valence-electron chi connectivity index (χ2n) is 4.57. The molecule has 0 fully saturated rings. The van der Waals surface area contributed by atoms with Gasteiger partial charge in [0.1, 0.15) is 0 Å². The minimum atomic E-state index is -1.30. The Bertz CT molecular complexity index is 618. The minimum Gasteiger partial charge on any atom is -0.378 e. The molecule has 0 radical (unpaired) electrons. The van der Waals surface area contributed by atoms with Gasteiger partial charge in [0.05, 0.1) is 23.8 Å². The molecule has 0 spiro atoms. The van der Waals surface area contributed by atoms with Crippen molar-refractivity contribution in [1.29, 1.82) is 0 Å². The molecule has 9 heteroatoms. The Balaban J connectivity index is 2.42. The molecule has 1 heterocycles. The first-order chi connectivity index (χ1) is 9.79. The molecule has 3 amide bonds. The third-order valence-corrected chi connectivity index (χ3v) is 3.26. The second-order valence-corrected chi connectivity index (χ2v) is 4.98. The van der Waals surface area contributed by atoms with Crippen LogP contribution >= 0.6 is 11.6 Å². The lowest BCUT2D eigenvalue weighted by Crippen LogP contribution is -2.39. The van der Waals surface area contributed by atoms with Crippen LogP contribution in [0.15, 0.2) is 12.1 Å². The van der Waals surface area contributed by atoms with Crippen LogP contribution in [0.5, 0.6) is 0 Å². The van der Waals surface area contributed by atoms with Crippen LogP contribution in [0.4, 0.5) is 11.4 Å². The highest BCUT2D eigenvalue weighted by Gasteiger charge is 2.30. The molecule has 0 saturated carbocycles. The number of rotatable bonds is 5. The van der Waals surface area contributed by atoms with Crippen molar-refractivity contribution in [3.05, 3.63) is 22.7 Å². The van der Waals surface area contributed by atoms with E-state index in [1.165, 1.54) is 17.0 Å². The number of halogens is 1. The van der Waals surface area contributed by atoms with Gasteiger partial charge in [0, 0.05) is 11.3 Å². The van der Waals surface area contributed by atoms with Gasteiger partial charge in [0.25, 0.3) is 5.91 Å². The number of carbonyl (C=O) groups is 3. The Morgan fingerprint density at radius 2 is 1.86 bits per heavy atom. The largest absolute Gasteiger partial charge is 0.378 e. The van der Waals surface area contributed by atoms with Crippen molar-refractivity contribution in [1.82, 2.24) is 0 Å². The van der Waals surface area contributed by atoms with Crippen molar-refractivity contribution < 1.29 is 19.5 Å². The van der Waals surface area contributed by atoms with E-state index in [1.807, 2.05) is 0 Å². The molecule has 1 atom stereocenters. The maximum Gasteiger partial charge on any atom is 0.257 e. The fraction of sp³-hybridized carbons (Fsp3) is 0.250. The number of nitrogens with one attached hydrogen (secondary N) is 1. The van der Waals surface area contributed by atoms with E-state index in [4.69, 9.17) is 23.1 Å². The lowest BCUT2D eigenvalue weighted by molar-refractivity contribution is -0.123. The van der Waals surface area contributed by atoms with E-state index in [9.17, 15) is 19.5 Å². The first-order valence-electron chi connectivity index (χ1n) is 5.93. The molecule has 1 aliphatic heterocycles. The van der Waals surface area contributed by atoms with Gasteiger partial charge in [0.2, 0.25) is 11.8 Å². The maximum absolute atomic E-state index is 11.4. The van der Waals surface area contributed by atoms with Gasteiger partial charge in [-0.25, -0.2) is 0 Å². The number of anilines is 2. The van der Waals surface area contributed by atoms with Gasteiger partial charge in [-0.15, -0.1) is 0 Å². The molecule has 1 aromatic carbocycles. The summed E-state index contributed by atoms with van der Waals surface area (Å²) in [5, 5.41) is 12.3. The molecule has 1 aromatic rings. The van der Waals surface area contributed by atoms with E-state index in [0.29, 0.717) is 16.9 Å². The van der Waals surface area contributed by atoms with Crippen molar-refractivity contribution in [3.8, 4) is 0 Å². The number of primary amides is 2. The van der Waals surface area contributed by atoms with Crippen LogP contribution in [0.2, 0.25) is 5.02 Å². The third-order valence-electron chi connectivity index (χ3n) is 2.95. The molecular formula is C12H13ClN4O4. The molecule has 112 valence electrons. The standard InChI is InChI=1S/C12H13ClN4O4/c13-6-1-5-7(16-12(21)11(5)20)2-8(6)17(3-9(14)18)4-10(15)19/h1-2,11,20H,3-4H2,(H2,14,18)(H2,15,19)(H,16,21). The van der Waals surface area contributed by atoms with E-state index in [0.717, 1.165) is 0 Å². The van der Waals surface area contributed by atoms with Gasteiger partial charge >= 0.3 is 0 Å². The first kappa shape index (κ1) is 15.1. The van der Waals surface area contributed by atoms with Crippen molar-refractivity contribution in [3.63, 3.8) is 0 Å². The molecule has 6 N–H and O–H groups in total. The number of hydrogen-bond acceptors (Lipinski definition) is 5. The summed E-state index contributed by atoms with van der Waals surface area (Å²) in [4.78, 5) is 34.9. The number of nitrogens with two attached hydrogens (primary N) is 2. The van der Waals surface area contributed by atoms with E-state index >= 15 is 0 Å². The SMILES string of the molecule is NC(=O)CN(CC(N)=O)c1cc2c(cc1Cl)C(O)C(=O)N2. The van der Waals surface area contributed by atoms with Gasteiger partial charge in [-0.1, -0.05) is 11.6 Å². The molecule has 0 aliphatic carbocycles. The number of aliphatic hydroxyl groups is 1. The highest BCUT2D eigenvalue weighted by molar-refractivity contribution is 6.33. The number of aliphatic hydroxyl groups excluding tert-OH is 1. The van der Waals surface area contributed by atoms with Gasteiger partial charge in [-0.3, -0.25) is 14.4 Å². The summed E-state index contributed by atoms with van der Waals surface area (Å²) in [5.74, 6) is -1.91. The zero-order valence-electron chi connectivity index (χ0n) is 10.8.